The zero-order chi connectivity index (χ0) is 18.9. The molecule has 0 spiro atoms. The predicted molar refractivity (Wildman–Crippen MR) is 114 cm³/mol. The number of aryl methyl sites for hydroxylation is 1. The van der Waals surface area contributed by atoms with Crippen molar-refractivity contribution in [3.8, 4) is 5.75 Å². The number of ether oxygens (including phenoxy) is 1. The third kappa shape index (κ3) is 5.23. The van der Waals surface area contributed by atoms with Crippen LogP contribution in [0.5, 0.6) is 5.75 Å². The summed E-state index contributed by atoms with van der Waals surface area (Å²) >= 11 is 0. The summed E-state index contributed by atoms with van der Waals surface area (Å²) in [5, 5.41) is 15.8. The lowest BCUT2D eigenvalue weighted by Crippen LogP contribution is -2.04. The monoisotopic (exact) mass is 363 g/mol. The topological polar surface area (TPSA) is 29.1 Å². The number of fused-ring (bicyclic) bond motifs is 2. The van der Waals surface area contributed by atoms with Gasteiger partial charge in [-0.25, -0.2) is 5.11 Å². The molecule has 0 unspecified atom stereocenters. The Kier molecular flexibility index (Phi) is 7.53. The fraction of sp³-hybridized carbons (Fsp3) is 0.440. The van der Waals surface area contributed by atoms with Crippen LogP contribution in [0.2, 0.25) is 0 Å². The fourth-order valence-electron chi connectivity index (χ4n) is 3.82. The molecule has 27 heavy (non-hydrogen) atoms. The summed E-state index contributed by atoms with van der Waals surface area (Å²) in [5.74, 6) is 0.917. The molecule has 143 valence electrons. The minimum atomic E-state index is -0.208. The van der Waals surface area contributed by atoms with E-state index in [-0.39, 0.29) is 13.2 Å². The van der Waals surface area contributed by atoms with Gasteiger partial charge in [-0.05, 0) is 46.7 Å². The van der Waals surface area contributed by atoms with Gasteiger partial charge in [0.25, 0.3) is 0 Å². The van der Waals surface area contributed by atoms with Crippen LogP contribution in [0.3, 0.4) is 0 Å². The molecule has 3 rings (SSSR count). The number of unbranched alkanes of at least 4 members (excludes halogenated alkanes) is 6. The van der Waals surface area contributed by atoms with Gasteiger partial charge in [-0.1, -0.05) is 81.8 Å². The van der Waals surface area contributed by atoms with Gasteiger partial charge in [0.1, 0.15) is 19.0 Å². The maximum Gasteiger partial charge on any atom is 0.130 e. The molecule has 0 aliphatic carbocycles. The first-order chi connectivity index (χ1) is 13.3. The number of hydrogen-bond acceptors (Lipinski definition) is 1. The van der Waals surface area contributed by atoms with Crippen molar-refractivity contribution < 1.29 is 9.84 Å². The van der Waals surface area contributed by atoms with Gasteiger partial charge in [-0.2, -0.15) is 0 Å². The van der Waals surface area contributed by atoms with E-state index in [9.17, 15) is 5.11 Å². The molecular formula is C25H31O2. The summed E-state index contributed by atoms with van der Waals surface area (Å²) in [5.41, 5.74) is 1.24. The molecule has 0 heterocycles. The van der Waals surface area contributed by atoms with Gasteiger partial charge < -0.3 is 4.74 Å². The molecule has 0 aromatic heterocycles. The summed E-state index contributed by atoms with van der Waals surface area (Å²) < 4.78 is 5.95. The largest absolute Gasteiger partial charge is 0.490 e. The van der Waals surface area contributed by atoms with Crippen LogP contribution in [0, 0.1) is 0 Å². The van der Waals surface area contributed by atoms with Crippen LogP contribution >= 0.6 is 0 Å². The molecule has 0 fully saturated rings. The Morgan fingerprint density at radius 3 is 2.22 bits per heavy atom. The van der Waals surface area contributed by atoms with E-state index in [0.717, 1.165) is 17.6 Å². The Morgan fingerprint density at radius 2 is 1.48 bits per heavy atom. The van der Waals surface area contributed by atoms with Gasteiger partial charge >= 0.3 is 0 Å². The second-order valence-corrected chi connectivity index (χ2v) is 7.40. The van der Waals surface area contributed by atoms with Crippen molar-refractivity contribution in [3.05, 3.63) is 54.1 Å². The lowest BCUT2D eigenvalue weighted by Gasteiger charge is -2.15. The third-order valence-corrected chi connectivity index (χ3v) is 5.30. The summed E-state index contributed by atoms with van der Waals surface area (Å²) in [6, 6.07) is 17.2. The SMILES string of the molecule is CCCCCCCCCc1ccc2cc3ccccc3cc2c1OCC[O]. The molecule has 0 aliphatic rings. The van der Waals surface area contributed by atoms with Crippen LogP contribution in [0.1, 0.15) is 57.4 Å². The van der Waals surface area contributed by atoms with E-state index in [1.165, 1.54) is 66.7 Å². The molecule has 0 atom stereocenters. The van der Waals surface area contributed by atoms with E-state index in [0.29, 0.717) is 0 Å². The van der Waals surface area contributed by atoms with Crippen molar-refractivity contribution in [3.63, 3.8) is 0 Å². The standard InChI is InChI=1S/C25H31O2/c1-2-3-4-5-6-7-8-11-20-14-15-23-18-21-12-9-10-13-22(21)19-24(23)25(20)27-17-16-26/h9-10,12-15,18-19H,2-8,11,16-17H2,1H3. The van der Waals surface area contributed by atoms with Crippen LogP contribution in [0.4, 0.5) is 0 Å². The molecule has 0 aliphatic heterocycles. The lowest BCUT2D eigenvalue weighted by atomic mass is 9.97. The van der Waals surface area contributed by atoms with Gasteiger partial charge in [0.05, 0.1) is 0 Å². The average Bonchev–Trinajstić information content (AvgIpc) is 2.70. The van der Waals surface area contributed by atoms with Crippen molar-refractivity contribution in [2.45, 2.75) is 58.3 Å². The highest BCUT2D eigenvalue weighted by Crippen LogP contribution is 2.34. The molecule has 3 aromatic carbocycles. The van der Waals surface area contributed by atoms with E-state index >= 15 is 0 Å². The normalized spacial score (nSPS) is 11.3. The summed E-state index contributed by atoms with van der Waals surface area (Å²) in [6.45, 7) is 2.28. The summed E-state index contributed by atoms with van der Waals surface area (Å²) in [4.78, 5) is 0. The lowest BCUT2D eigenvalue weighted by molar-refractivity contribution is 0.138. The number of benzene rings is 3. The minimum absolute atomic E-state index is 0.208. The van der Waals surface area contributed by atoms with Crippen molar-refractivity contribution >= 4 is 21.5 Å². The molecule has 2 nitrogen and oxygen atoms in total. The highest BCUT2D eigenvalue weighted by atomic mass is 16.5. The summed E-state index contributed by atoms with van der Waals surface area (Å²) in [6.07, 6.45) is 10.1. The van der Waals surface area contributed by atoms with E-state index in [2.05, 4.69) is 55.5 Å². The first kappa shape index (κ1) is 19.7. The maximum absolute atomic E-state index is 11.0. The van der Waals surface area contributed by atoms with E-state index in [1.54, 1.807) is 0 Å². The molecule has 0 amide bonds. The first-order valence-electron chi connectivity index (χ1n) is 10.5. The van der Waals surface area contributed by atoms with Crippen LogP contribution in [0.25, 0.3) is 21.5 Å². The van der Waals surface area contributed by atoms with Crippen molar-refractivity contribution in [1.29, 1.82) is 0 Å². The molecule has 2 heteroatoms. The van der Waals surface area contributed by atoms with Gasteiger partial charge in [0.2, 0.25) is 0 Å². The smallest absolute Gasteiger partial charge is 0.130 e. The highest BCUT2D eigenvalue weighted by Gasteiger charge is 2.10. The molecule has 0 saturated heterocycles. The van der Waals surface area contributed by atoms with Gasteiger partial charge in [0, 0.05) is 5.39 Å². The molecule has 0 N–H and O–H groups in total. The van der Waals surface area contributed by atoms with Crippen LogP contribution < -0.4 is 4.74 Å². The highest BCUT2D eigenvalue weighted by molar-refractivity contribution is 6.01. The first-order valence-corrected chi connectivity index (χ1v) is 10.5. The van der Waals surface area contributed by atoms with E-state index in [1.807, 2.05) is 0 Å². The zero-order valence-electron chi connectivity index (χ0n) is 16.5. The predicted octanol–water partition coefficient (Wildman–Crippen LogP) is 7.10. The van der Waals surface area contributed by atoms with Gasteiger partial charge in [0.15, 0.2) is 0 Å². The van der Waals surface area contributed by atoms with E-state index < -0.39 is 0 Å². The molecule has 3 aromatic rings. The molecule has 1 radical (unpaired) electrons. The Bertz CT molecular complexity index is 853. The number of hydrogen-bond donors (Lipinski definition) is 0. The minimum Gasteiger partial charge on any atom is -0.490 e. The Hall–Kier alpha value is -2.06. The quantitative estimate of drug-likeness (QED) is 0.264. The Labute approximate surface area is 163 Å². The third-order valence-electron chi connectivity index (χ3n) is 5.30. The van der Waals surface area contributed by atoms with Crippen molar-refractivity contribution in [2.75, 3.05) is 13.2 Å². The van der Waals surface area contributed by atoms with Crippen molar-refractivity contribution in [1.82, 2.24) is 0 Å². The number of rotatable bonds is 11. The zero-order valence-corrected chi connectivity index (χ0v) is 16.5. The summed E-state index contributed by atoms with van der Waals surface area (Å²) in [7, 11) is 0. The second-order valence-electron chi connectivity index (χ2n) is 7.40. The molecule has 0 bridgehead atoms. The van der Waals surface area contributed by atoms with E-state index in [4.69, 9.17) is 4.74 Å². The van der Waals surface area contributed by atoms with Crippen LogP contribution in [-0.2, 0) is 11.5 Å². The van der Waals surface area contributed by atoms with Crippen LogP contribution in [-0.4, -0.2) is 13.2 Å². The fourth-order valence-corrected chi connectivity index (χ4v) is 3.82. The molecular weight excluding hydrogens is 332 g/mol. The Balaban J connectivity index is 1.78. The average molecular weight is 364 g/mol. The van der Waals surface area contributed by atoms with Crippen LogP contribution in [0.15, 0.2) is 48.5 Å². The maximum atomic E-state index is 11.0. The second kappa shape index (κ2) is 10.3. The van der Waals surface area contributed by atoms with Gasteiger partial charge in [-0.15, -0.1) is 0 Å². The van der Waals surface area contributed by atoms with Gasteiger partial charge in [-0.3, -0.25) is 0 Å². The Morgan fingerprint density at radius 1 is 0.778 bits per heavy atom. The van der Waals surface area contributed by atoms with Crippen molar-refractivity contribution in [2.24, 2.45) is 0 Å². The molecule has 0 saturated carbocycles.